The van der Waals surface area contributed by atoms with Gasteiger partial charge in [-0.2, -0.15) is 0 Å². The molecule has 0 saturated heterocycles. The summed E-state index contributed by atoms with van der Waals surface area (Å²) < 4.78 is 0. The topological polar surface area (TPSA) is 3.24 Å². The molecule has 0 unspecified atom stereocenters. The van der Waals surface area contributed by atoms with Gasteiger partial charge in [0, 0.05) is 17.1 Å². The van der Waals surface area contributed by atoms with Crippen LogP contribution in [0.3, 0.4) is 0 Å². The van der Waals surface area contributed by atoms with Gasteiger partial charge in [-0.15, -0.1) is 0 Å². The molecule has 0 N–H and O–H groups in total. The van der Waals surface area contributed by atoms with E-state index in [1.165, 1.54) is 132 Å². The number of nitrogens with zero attached hydrogens (tertiary/aromatic N) is 1. The lowest BCUT2D eigenvalue weighted by Gasteiger charge is -2.32. The molecule has 336 valence electrons. The lowest BCUT2D eigenvalue weighted by Crippen LogP contribution is -2.26. The largest absolute Gasteiger partial charge is 0.310 e. The van der Waals surface area contributed by atoms with Crippen LogP contribution in [0.4, 0.5) is 17.1 Å². The molecule has 0 radical (unpaired) electrons. The van der Waals surface area contributed by atoms with E-state index in [-0.39, 0.29) is 0 Å². The predicted molar refractivity (Wildman–Crippen MR) is 304 cm³/mol. The van der Waals surface area contributed by atoms with E-state index in [9.17, 15) is 0 Å². The highest BCUT2D eigenvalue weighted by Gasteiger charge is 2.54. The van der Waals surface area contributed by atoms with Crippen LogP contribution in [0.2, 0.25) is 0 Å². The van der Waals surface area contributed by atoms with Crippen molar-refractivity contribution in [2.24, 2.45) is 0 Å². The Morgan fingerprint density at radius 1 is 0.205 bits per heavy atom. The zero-order valence-corrected chi connectivity index (χ0v) is 39.8. The molecule has 13 aromatic rings. The molecule has 0 heterocycles. The van der Waals surface area contributed by atoms with E-state index in [4.69, 9.17) is 0 Å². The first-order chi connectivity index (χ1) is 36.2. The highest BCUT2D eigenvalue weighted by Crippen LogP contribution is 2.66. The average molecular weight is 922 g/mol. The summed E-state index contributed by atoms with van der Waals surface area (Å²) in [5.41, 5.74) is 23.9. The number of para-hydroxylation sites is 1. The van der Waals surface area contributed by atoms with E-state index in [1.807, 2.05) is 0 Å². The number of fused-ring (bicyclic) bond motifs is 26. The molecule has 2 spiro atoms. The van der Waals surface area contributed by atoms with E-state index in [1.54, 1.807) is 0 Å². The Morgan fingerprint density at radius 3 is 0.973 bits per heavy atom. The van der Waals surface area contributed by atoms with Crippen LogP contribution in [0.1, 0.15) is 44.5 Å². The minimum atomic E-state index is -0.468. The third-order valence-electron chi connectivity index (χ3n) is 17.4. The molecule has 0 fully saturated rings. The molecule has 73 heavy (non-hydrogen) atoms. The fourth-order valence-electron chi connectivity index (χ4n) is 14.6. The van der Waals surface area contributed by atoms with Gasteiger partial charge in [-0.05, 0) is 193 Å². The van der Waals surface area contributed by atoms with E-state index in [0.29, 0.717) is 0 Å². The van der Waals surface area contributed by atoms with Crippen LogP contribution in [0, 0.1) is 0 Å². The fraction of sp³-hybridized carbons (Fsp3) is 0.0278. The van der Waals surface area contributed by atoms with Crippen molar-refractivity contribution in [3.63, 3.8) is 0 Å². The molecule has 17 rings (SSSR count). The second kappa shape index (κ2) is 14.2. The summed E-state index contributed by atoms with van der Waals surface area (Å²) in [6.07, 6.45) is 0. The van der Waals surface area contributed by atoms with Crippen LogP contribution < -0.4 is 4.90 Å². The van der Waals surface area contributed by atoms with E-state index in [2.05, 4.69) is 266 Å². The van der Waals surface area contributed by atoms with Crippen LogP contribution in [-0.2, 0) is 10.8 Å². The van der Waals surface area contributed by atoms with Gasteiger partial charge in [-0.3, -0.25) is 0 Å². The van der Waals surface area contributed by atoms with Gasteiger partial charge in [0.05, 0.1) is 10.8 Å². The second-order valence-electron chi connectivity index (χ2n) is 20.6. The number of hydrogen-bond donors (Lipinski definition) is 0. The summed E-state index contributed by atoms with van der Waals surface area (Å²) in [5, 5.41) is 10.1. The minimum absolute atomic E-state index is 0.468. The molecule has 0 atom stereocenters. The molecular formula is C72H43N. The normalized spacial score (nSPS) is 14.2. The molecule has 0 aliphatic heterocycles. The van der Waals surface area contributed by atoms with E-state index >= 15 is 0 Å². The van der Waals surface area contributed by atoms with Gasteiger partial charge >= 0.3 is 0 Å². The van der Waals surface area contributed by atoms with Crippen molar-refractivity contribution in [3.8, 4) is 44.5 Å². The zero-order chi connectivity index (χ0) is 47.6. The van der Waals surface area contributed by atoms with Crippen LogP contribution in [-0.4, -0.2) is 0 Å². The monoisotopic (exact) mass is 921 g/mol. The second-order valence-corrected chi connectivity index (χ2v) is 20.6. The summed E-state index contributed by atoms with van der Waals surface area (Å²) >= 11 is 0. The van der Waals surface area contributed by atoms with Gasteiger partial charge in [0.1, 0.15) is 0 Å². The maximum atomic E-state index is 2.49. The Hall–Kier alpha value is -9.30. The molecule has 0 saturated carbocycles. The van der Waals surface area contributed by atoms with Gasteiger partial charge in [0.2, 0.25) is 0 Å². The Kier molecular flexibility index (Phi) is 7.66. The molecule has 13 aromatic carbocycles. The van der Waals surface area contributed by atoms with Crippen molar-refractivity contribution in [2.75, 3.05) is 4.90 Å². The molecule has 1 heteroatoms. The van der Waals surface area contributed by atoms with Crippen molar-refractivity contribution in [1.29, 1.82) is 0 Å². The Morgan fingerprint density at radius 2 is 0.562 bits per heavy atom. The lowest BCUT2D eigenvalue weighted by molar-refractivity contribution is 0.802. The smallest absolute Gasteiger partial charge is 0.0731 e. The summed E-state index contributed by atoms with van der Waals surface area (Å²) in [6, 6.07) is 99.1. The first kappa shape index (κ1) is 39.4. The number of anilines is 3. The molecule has 4 aliphatic rings. The van der Waals surface area contributed by atoms with Crippen LogP contribution in [0.15, 0.2) is 261 Å². The van der Waals surface area contributed by atoms with Crippen molar-refractivity contribution in [1.82, 2.24) is 0 Å². The zero-order valence-electron chi connectivity index (χ0n) is 39.8. The average Bonchev–Trinajstić information content (AvgIpc) is 4.12. The third-order valence-corrected chi connectivity index (χ3v) is 17.4. The van der Waals surface area contributed by atoms with Gasteiger partial charge in [-0.25, -0.2) is 0 Å². The maximum absolute atomic E-state index is 2.49. The van der Waals surface area contributed by atoms with Gasteiger partial charge in [0.15, 0.2) is 0 Å². The minimum Gasteiger partial charge on any atom is -0.310 e. The van der Waals surface area contributed by atoms with Crippen molar-refractivity contribution in [3.05, 3.63) is 305 Å². The quantitative estimate of drug-likeness (QED) is 0.171. The molecule has 0 aromatic heterocycles. The van der Waals surface area contributed by atoms with Gasteiger partial charge in [-0.1, -0.05) is 200 Å². The number of hydrogen-bond acceptors (Lipinski definition) is 1. The number of benzene rings is 13. The Balaban J connectivity index is 0.885. The van der Waals surface area contributed by atoms with Crippen LogP contribution in [0.5, 0.6) is 0 Å². The fourth-order valence-corrected chi connectivity index (χ4v) is 14.6. The highest BCUT2D eigenvalue weighted by molar-refractivity contribution is 6.09. The maximum Gasteiger partial charge on any atom is 0.0731 e. The van der Waals surface area contributed by atoms with Crippen LogP contribution >= 0.6 is 0 Å². The molecule has 4 aliphatic carbocycles. The number of rotatable bonds is 3. The lowest BCUT2D eigenvalue weighted by atomic mass is 9.69. The van der Waals surface area contributed by atoms with Gasteiger partial charge in [0.25, 0.3) is 0 Å². The highest BCUT2D eigenvalue weighted by atomic mass is 15.1. The summed E-state index contributed by atoms with van der Waals surface area (Å²) in [4.78, 5) is 2.45. The van der Waals surface area contributed by atoms with Gasteiger partial charge < -0.3 is 4.90 Å². The summed E-state index contributed by atoms with van der Waals surface area (Å²) in [5.74, 6) is 0. The van der Waals surface area contributed by atoms with Crippen molar-refractivity contribution < 1.29 is 0 Å². The first-order valence-electron chi connectivity index (χ1n) is 25.7. The SMILES string of the molecule is c1ccc(N(c2ccc3c4c(ccc3c2)-c2cc3ccccc3cc2C42c3ccccc3-c3ccccc32)c2ccc3c4c(ccc3c2)-c2cc3ccccc3cc2C42c3ccccc3-c3ccccc32)cc1. The Labute approximate surface area is 423 Å². The third kappa shape index (κ3) is 4.92. The first-order valence-corrected chi connectivity index (χ1v) is 25.7. The molecule has 1 nitrogen and oxygen atoms in total. The van der Waals surface area contributed by atoms with E-state index in [0.717, 1.165) is 17.1 Å². The predicted octanol–water partition coefficient (Wildman–Crippen LogP) is 18.5. The van der Waals surface area contributed by atoms with Crippen molar-refractivity contribution >= 4 is 60.2 Å². The van der Waals surface area contributed by atoms with Crippen molar-refractivity contribution in [2.45, 2.75) is 10.8 Å². The van der Waals surface area contributed by atoms with E-state index < -0.39 is 10.8 Å². The standard InChI is InChI=1S/C72H43N/c1-2-20-50(21-3-1)73(51-32-36-53-48(38-51)30-34-59-61-40-44-16-4-6-18-46(44)42-67(61)71(69(53)59)63-26-12-8-22-55(63)56-23-9-13-27-64(56)71)52-33-37-54-49(39-52)31-35-60-62-41-45-17-5-7-19-47(45)43-68(62)72(70(54)60)65-28-14-10-24-57(65)58-25-11-15-29-66(58)72/h1-43H. The molecule has 0 amide bonds. The summed E-state index contributed by atoms with van der Waals surface area (Å²) in [7, 11) is 0. The summed E-state index contributed by atoms with van der Waals surface area (Å²) in [6.45, 7) is 0. The Bertz CT molecular complexity index is 4210. The molecule has 0 bridgehead atoms. The van der Waals surface area contributed by atoms with Crippen LogP contribution in [0.25, 0.3) is 87.6 Å². The molecular weight excluding hydrogens is 879 g/mol.